The number of nitrogens with one attached hydrogen (secondary N) is 1. The van der Waals surface area contributed by atoms with E-state index in [0.29, 0.717) is 11.5 Å². The highest BCUT2D eigenvalue weighted by atomic mass is 32.2. The van der Waals surface area contributed by atoms with Crippen molar-refractivity contribution in [2.75, 3.05) is 39.7 Å². The van der Waals surface area contributed by atoms with Crippen LogP contribution in [-0.2, 0) is 14.3 Å². The van der Waals surface area contributed by atoms with E-state index in [4.69, 9.17) is 14.2 Å². The Morgan fingerprint density at radius 1 is 1.23 bits per heavy atom. The number of esters is 1. The zero-order chi connectivity index (χ0) is 19.1. The summed E-state index contributed by atoms with van der Waals surface area (Å²) in [5.41, 5.74) is 0.130. The number of hydrogen-bond acceptors (Lipinski definition) is 8. The van der Waals surface area contributed by atoms with Gasteiger partial charge in [-0.3, -0.25) is 19.3 Å². The van der Waals surface area contributed by atoms with E-state index in [1.807, 2.05) is 0 Å². The first-order valence-corrected chi connectivity index (χ1v) is 8.57. The maximum absolute atomic E-state index is 12.1. The van der Waals surface area contributed by atoms with Gasteiger partial charge in [0.25, 0.3) is 11.1 Å². The average molecular weight is 382 g/mol. The van der Waals surface area contributed by atoms with E-state index in [1.165, 1.54) is 20.3 Å². The van der Waals surface area contributed by atoms with Crippen LogP contribution in [0.3, 0.4) is 0 Å². The van der Waals surface area contributed by atoms with Gasteiger partial charge < -0.3 is 19.5 Å². The minimum absolute atomic E-state index is 0.0774. The molecule has 3 amide bonds. The van der Waals surface area contributed by atoms with E-state index in [0.717, 1.165) is 16.7 Å². The fraction of sp³-hybridized carbons (Fsp3) is 0.375. The van der Waals surface area contributed by atoms with Gasteiger partial charge in [-0.15, -0.1) is 0 Å². The molecule has 1 N–H and O–H groups in total. The number of rotatable bonds is 8. The molecule has 0 radical (unpaired) electrons. The second kappa shape index (κ2) is 9.09. The number of methoxy groups -OCH3 is 2. The zero-order valence-corrected chi connectivity index (χ0v) is 15.1. The second-order valence-corrected chi connectivity index (χ2v) is 6.02. The van der Waals surface area contributed by atoms with E-state index >= 15 is 0 Å². The van der Waals surface area contributed by atoms with E-state index in [-0.39, 0.29) is 35.6 Å². The van der Waals surface area contributed by atoms with Crippen LogP contribution in [0.15, 0.2) is 18.2 Å². The number of amides is 3. The van der Waals surface area contributed by atoms with Crippen molar-refractivity contribution >= 4 is 34.8 Å². The number of thioether (sulfide) groups is 1. The molecule has 9 nitrogen and oxygen atoms in total. The van der Waals surface area contributed by atoms with Gasteiger partial charge >= 0.3 is 5.97 Å². The highest BCUT2D eigenvalue weighted by molar-refractivity contribution is 8.14. The van der Waals surface area contributed by atoms with Crippen LogP contribution in [0.5, 0.6) is 11.5 Å². The Labute approximate surface area is 153 Å². The van der Waals surface area contributed by atoms with Crippen molar-refractivity contribution in [2.24, 2.45) is 0 Å². The third-order valence-corrected chi connectivity index (χ3v) is 4.32. The van der Waals surface area contributed by atoms with Crippen LogP contribution in [0, 0.1) is 0 Å². The average Bonchev–Trinajstić information content (AvgIpc) is 2.97. The van der Waals surface area contributed by atoms with Crippen molar-refractivity contribution in [2.45, 2.75) is 0 Å². The predicted molar refractivity (Wildman–Crippen MR) is 92.4 cm³/mol. The Hall–Kier alpha value is -2.75. The molecular formula is C16H18N2O7S. The van der Waals surface area contributed by atoms with Gasteiger partial charge in [-0.25, -0.2) is 4.79 Å². The van der Waals surface area contributed by atoms with Gasteiger partial charge in [-0.2, -0.15) is 0 Å². The van der Waals surface area contributed by atoms with E-state index in [2.05, 4.69) is 5.32 Å². The van der Waals surface area contributed by atoms with E-state index < -0.39 is 18.5 Å². The van der Waals surface area contributed by atoms with Crippen molar-refractivity contribution in [1.82, 2.24) is 10.2 Å². The molecule has 0 atom stereocenters. The van der Waals surface area contributed by atoms with Crippen LogP contribution < -0.4 is 14.8 Å². The molecule has 1 aromatic carbocycles. The molecule has 10 heteroatoms. The molecule has 1 aliphatic heterocycles. The number of nitrogens with zero attached hydrogens (tertiary/aromatic N) is 1. The number of benzene rings is 1. The molecule has 140 valence electrons. The van der Waals surface area contributed by atoms with Gasteiger partial charge in [0, 0.05) is 13.1 Å². The molecule has 0 saturated carbocycles. The van der Waals surface area contributed by atoms with Gasteiger partial charge in [-0.1, -0.05) is 11.8 Å². The Kier molecular flexibility index (Phi) is 6.84. The first kappa shape index (κ1) is 19.6. The molecule has 0 spiro atoms. The largest absolute Gasteiger partial charge is 0.497 e. The van der Waals surface area contributed by atoms with Crippen molar-refractivity contribution in [1.29, 1.82) is 0 Å². The molecule has 1 saturated heterocycles. The third kappa shape index (κ3) is 4.88. The molecule has 0 unspecified atom stereocenters. The summed E-state index contributed by atoms with van der Waals surface area (Å²) in [4.78, 5) is 47.8. The van der Waals surface area contributed by atoms with Crippen LogP contribution >= 0.6 is 11.8 Å². The third-order valence-electron chi connectivity index (χ3n) is 3.46. The molecule has 1 heterocycles. The second-order valence-electron chi connectivity index (χ2n) is 5.09. The summed E-state index contributed by atoms with van der Waals surface area (Å²) in [7, 11) is 2.86. The van der Waals surface area contributed by atoms with Gasteiger partial charge in [0.15, 0.2) is 6.61 Å². The van der Waals surface area contributed by atoms with E-state index in [9.17, 15) is 19.2 Å². The molecule has 26 heavy (non-hydrogen) atoms. The van der Waals surface area contributed by atoms with Crippen molar-refractivity contribution < 1.29 is 33.4 Å². The fourth-order valence-electron chi connectivity index (χ4n) is 2.14. The maximum atomic E-state index is 12.1. The lowest BCUT2D eigenvalue weighted by Crippen LogP contribution is -2.38. The summed E-state index contributed by atoms with van der Waals surface area (Å²) in [6.45, 7) is -0.346. The zero-order valence-electron chi connectivity index (χ0n) is 14.3. The van der Waals surface area contributed by atoms with Crippen molar-refractivity contribution in [3.05, 3.63) is 23.8 Å². The van der Waals surface area contributed by atoms with Crippen LogP contribution in [0.2, 0.25) is 0 Å². The number of carbonyl (C=O) groups excluding carboxylic acids is 4. The summed E-state index contributed by atoms with van der Waals surface area (Å²) < 4.78 is 15.1. The van der Waals surface area contributed by atoms with Crippen LogP contribution in [0.4, 0.5) is 4.79 Å². The van der Waals surface area contributed by atoms with Crippen LogP contribution in [0.1, 0.15) is 10.4 Å². The minimum atomic E-state index is -0.739. The molecular weight excluding hydrogens is 364 g/mol. The first-order chi connectivity index (χ1) is 12.5. The normalized spacial score (nSPS) is 13.5. The summed E-state index contributed by atoms with van der Waals surface area (Å²) in [6, 6.07) is 4.63. The van der Waals surface area contributed by atoms with Gasteiger partial charge in [0.1, 0.15) is 17.1 Å². The lowest BCUT2D eigenvalue weighted by molar-refractivity contribution is -0.126. The number of imide groups is 1. The SMILES string of the molecule is COc1ccc(OC)c(C(=O)OCC(=O)NCCN2C(=O)CSC2=O)c1. The van der Waals surface area contributed by atoms with Gasteiger partial charge in [-0.05, 0) is 18.2 Å². The standard InChI is InChI=1S/C16H18N2O7S/c1-23-10-3-4-12(24-2)11(7-10)15(21)25-8-13(19)17-5-6-18-14(20)9-26-16(18)22/h3-4,7H,5-6,8-9H2,1-2H3,(H,17,19). The Balaban J connectivity index is 1.81. The molecule has 0 aromatic heterocycles. The molecule has 0 aliphatic carbocycles. The quantitative estimate of drug-likeness (QED) is 0.653. The summed E-state index contributed by atoms with van der Waals surface area (Å²) in [6.07, 6.45) is 0. The Bertz CT molecular complexity index is 707. The monoisotopic (exact) mass is 382 g/mol. The van der Waals surface area contributed by atoms with Gasteiger partial charge in [0.05, 0.1) is 20.0 Å². The molecule has 1 fully saturated rings. The highest BCUT2D eigenvalue weighted by Crippen LogP contribution is 2.24. The van der Waals surface area contributed by atoms with Crippen molar-refractivity contribution in [3.8, 4) is 11.5 Å². The van der Waals surface area contributed by atoms with E-state index in [1.54, 1.807) is 12.1 Å². The van der Waals surface area contributed by atoms with Gasteiger partial charge in [0.2, 0.25) is 5.91 Å². The van der Waals surface area contributed by atoms with Crippen LogP contribution in [-0.4, -0.2) is 67.6 Å². The fourth-order valence-corrected chi connectivity index (χ4v) is 2.89. The lowest BCUT2D eigenvalue weighted by atomic mass is 10.2. The minimum Gasteiger partial charge on any atom is -0.497 e. The lowest BCUT2D eigenvalue weighted by Gasteiger charge is -2.13. The van der Waals surface area contributed by atoms with Crippen molar-refractivity contribution in [3.63, 3.8) is 0 Å². The maximum Gasteiger partial charge on any atom is 0.342 e. The number of hydrogen-bond donors (Lipinski definition) is 1. The predicted octanol–water partition coefficient (Wildman–Crippen LogP) is 0.672. The molecule has 2 rings (SSSR count). The topological polar surface area (TPSA) is 111 Å². The summed E-state index contributed by atoms with van der Waals surface area (Å²) >= 11 is 0.924. The Morgan fingerprint density at radius 3 is 2.62 bits per heavy atom. The molecule has 1 aliphatic rings. The Morgan fingerprint density at radius 2 is 2.00 bits per heavy atom. The summed E-state index contributed by atoms with van der Waals surface area (Å²) in [5, 5.41) is 2.15. The molecule has 0 bridgehead atoms. The summed E-state index contributed by atoms with van der Waals surface area (Å²) in [5.74, 6) is -0.720. The number of ether oxygens (including phenoxy) is 3. The van der Waals surface area contributed by atoms with Crippen LogP contribution in [0.25, 0.3) is 0 Å². The molecule has 1 aromatic rings. The first-order valence-electron chi connectivity index (χ1n) is 7.59. The highest BCUT2D eigenvalue weighted by Gasteiger charge is 2.29. The smallest absolute Gasteiger partial charge is 0.342 e. The number of carbonyl (C=O) groups is 4.